The summed E-state index contributed by atoms with van der Waals surface area (Å²) in [5.74, 6) is 0.353. The highest BCUT2D eigenvalue weighted by Crippen LogP contribution is 2.39. The van der Waals surface area contributed by atoms with E-state index in [2.05, 4.69) is 11.3 Å². The van der Waals surface area contributed by atoms with Crippen molar-refractivity contribution in [2.75, 3.05) is 13.6 Å². The highest BCUT2D eigenvalue weighted by atomic mass is 32.2. The van der Waals surface area contributed by atoms with Crippen molar-refractivity contribution in [2.45, 2.75) is 45.1 Å². The smallest absolute Gasteiger partial charge is 0.334 e. The van der Waals surface area contributed by atoms with Gasteiger partial charge in [0.1, 0.15) is 11.5 Å². The SMILES string of the molecule is CC1CCN(C(=O)C2=CC(c3ccc(F)cc3)=NS(=O)(=O)N2C)C2CCCCC12. The van der Waals surface area contributed by atoms with Crippen LogP contribution in [-0.2, 0) is 15.0 Å². The molecule has 1 aromatic carbocycles. The topological polar surface area (TPSA) is 70.0 Å². The molecule has 4 rings (SSSR count). The minimum Gasteiger partial charge on any atom is -0.334 e. The Morgan fingerprint density at radius 2 is 1.83 bits per heavy atom. The van der Waals surface area contributed by atoms with Gasteiger partial charge in [0.25, 0.3) is 5.91 Å². The van der Waals surface area contributed by atoms with E-state index in [-0.39, 0.29) is 23.4 Å². The van der Waals surface area contributed by atoms with Gasteiger partial charge in [-0.05, 0) is 61.4 Å². The molecule has 2 aliphatic heterocycles. The summed E-state index contributed by atoms with van der Waals surface area (Å²) < 4.78 is 43.3. The van der Waals surface area contributed by atoms with Crippen molar-refractivity contribution in [1.82, 2.24) is 9.21 Å². The van der Waals surface area contributed by atoms with Crippen LogP contribution in [0.15, 0.2) is 40.4 Å². The lowest BCUT2D eigenvalue weighted by Crippen LogP contribution is -2.54. The first-order valence-corrected chi connectivity index (χ1v) is 11.5. The summed E-state index contributed by atoms with van der Waals surface area (Å²) in [6.45, 7) is 2.88. The maximum atomic E-state index is 13.5. The average Bonchev–Trinajstić information content (AvgIpc) is 2.70. The zero-order chi connectivity index (χ0) is 20.8. The second kappa shape index (κ2) is 7.55. The van der Waals surface area contributed by atoms with Gasteiger partial charge in [-0.2, -0.15) is 8.42 Å². The Balaban J connectivity index is 1.69. The lowest BCUT2D eigenvalue weighted by atomic mass is 9.72. The molecule has 0 spiro atoms. The standard InChI is InChI=1S/C21H26FN3O3S/c1-14-11-12-25(19-6-4-3-5-17(14)19)21(26)20-13-18(23-29(27,28)24(20)2)15-7-9-16(22)10-8-15/h7-10,13-14,17,19H,3-6,11-12H2,1-2H3. The maximum Gasteiger partial charge on any atom is 0.345 e. The summed E-state index contributed by atoms with van der Waals surface area (Å²) in [5.41, 5.74) is 0.700. The molecule has 156 valence electrons. The number of likely N-dealkylation sites (tertiary alicyclic amines) is 1. The van der Waals surface area contributed by atoms with Crippen LogP contribution in [0, 0.1) is 17.7 Å². The molecule has 0 bridgehead atoms. The van der Waals surface area contributed by atoms with Gasteiger partial charge in [0, 0.05) is 25.2 Å². The quantitative estimate of drug-likeness (QED) is 0.740. The Morgan fingerprint density at radius 1 is 1.14 bits per heavy atom. The minimum absolute atomic E-state index is 0.0956. The summed E-state index contributed by atoms with van der Waals surface area (Å²) in [7, 11) is -2.67. The zero-order valence-corrected chi connectivity index (χ0v) is 17.5. The van der Waals surface area contributed by atoms with Crippen molar-refractivity contribution in [3.05, 3.63) is 47.4 Å². The number of amides is 1. The highest BCUT2D eigenvalue weighted by Gasteiger charge is 2.42. The third kappa shape index (κ3) is 3.70. The summed E-state index contributed by atoms with van der Waals surface area (Å²) in [6.07, 6.45) is 6.79. The number of hydrogen-bond acceptors (Lipinski definition) is 3. The molecular formula is C21H26FN3O3S. The van der Waals surface area contributed by atoms with E-state index in [4.69, 9.17) is 0 Å². The van der Waals surface area contributed by atoms with E-state index in [1.807, 2.05) is 4.90 Å². The number of halogens is 1. The lowest BCUT2D eigenvalue weighted by molar-refractivity contribution is -0.135. The molecule has 8 heteroatoms. The molecule has 6 nitrogen and oxygen atoms in total. The number of hydrogen-bond donors (Lipinski definition) is 0. The Bertz CT molecular complexity index is 971. The summed E-state index contributed by atoms with van der Waals surface area (Å²) in [5, 5.41) is 0. The van der Waals surface area contributed by atoms with Crippen LogP contribution in [0.1, 0.15) is 44.6 Å². The molecule has 0 aromatic heterocycles. The molecule has 2 heterocycles. The number of fused-ring (bicyclic) bond motifs is 1. The number of likely N-dealkylation sites (N-methyl/N-ethyl adjacent to an activating group) is 1. The first-order valence-electron chi connectivity index (χ1n) is 10.2. The average molecular weight is 420 g/mol. The number of allylic oxidation sites excluding steroid dienone is 1. The first kappa shape index (κ1) is 20.1. The summed E-state index contributed by atoms with van der Waals surface area (Å²) in [6, 6.07) is 5.58. The van der Waals surface area contributed by atoms with Crippen molar-refractivity contribution < 1.29 is 17.6 Å². The molecule has 0 N–H and O–H groups in total. The van der Waals surface area contributed by atoms with E-state index in [1.54, 1.807) is 0 Å². The third-order valence-corrected chi connectivity index (χ3v) is 7.85. The molecule has 3 unspecified atom stereocenters. The van der Waals surface area contributed by atoms with E-state index in [0.29, 0.717) is 23.9 Å². The minimum atomic E-state index is -4.03. The lowest BCUT2D eigenvalue weighted by Gasteiger charge is -2.47. The fourth-order valence-electron chi connectivity index (χ4n) is 4.82. The Labute approximate surface area is 171 Å². The van der Waals surface area contributed by atoms with Crippen LogP contribution in [0.2, 0.25) is 0 Å². The molecule has 1 amide bonds. The van der Waals surface area contributed by atoms with Gasteiger partial charge in [0.05, 0.1) is 5.71 Å². The number of benzene rings is 1. The monoisotopic (exact) mass is 419 g/mol. The summed E-state index contributed by atoms with van der Waals surface area (Å²) in [4.78, 5) is 15.4. The predicted molar refractivity (Wildman–Crippen MR) is 109 cm³/mol. The number of rotatable bonds is 2. The molecule has 1 aliphatic carbocycles. The molecule has 0 radical (unpaired) electrons. The van der Waals surface area contributed by atoms with Crippen molar-refractivity contribution in [3.63, 3.8) is 0 Å². The predicted octanol–water partition coefficient (Wildman–Crippen LogP) is 3.12. The van der Waals surface area contributed by atoms with E-state index in [9.17, 15) is 17.6 Å². The van der Waals surface area contributed by atoms with Gasteiger partial charge in [-0.3, -0.25) is 4.79 Å². The van der Waals surface area contributed by atoms with Gasteiger partial charge in [-0.25, -0.2) is 8.70 Å². The fourth-order valence-corrected chi connectivity index (χ4v) is 5.73. The van der Waals surface area contributed by atoms with Gasteiger partial charge in [-0.1, -0.05) is 19.8 Å². The molecule has 3 atom stereocenters. The van der Waals surface area contributed by atoms with Crippen LogP contribution in [0.3, 0.4) is 0 Å². The third-order valence-electron chi connectivity index (χ3n) is 6.53. The molecule has 2 fully saturated rings. The second-order valence-corrected chi connectivity index (χ2v) is 9.86. The molecule has 3 aliphatic rings. The number of carbonyl (C=O) groups excluding carboxylic acids is 1. The van der Waals surface area contributed by atoms with Gasteiger partial charge in [0.2, 0.25) is 0 Å². The van der Waals surface area contributed by atoms with Crippen molar-refractivity contribution in [2.24, 2.45) is 16.2 Å². The number of piperidine rings is 1. The molecule has 1 saturated heterocycles. The Hall–Kier alpha value is -2.22. The van der Waals surface area contributed by atoms with Crippen LogP contribution in [0.25, 0.3) is 0 Å². The number of carbonyl (C=O) groups is 1. The normalized spacial score (nSPS) is 29.0. The highest BCUT2D eigenvalue weighted by molar-refractivity contribution is 7.88. The largest absolute Gasteiger partial charge is 0.345 e. The second-order valence-electron chi connectivity index (χ2n) is 8.24. The van der Waals surface area contributed by atoms with Crippen LogP contribution in [0.4, 0.5) is 4.39 Å². The van der Waals surface area contributed by atoms with E-state index in [1.165, 1.54) is 43.8 Å². The van der Waals surface area contributed by atoms with Crippen molar-refractivity contribution in [1.29, 1.82) is 0 Å². The Morgan fingerprint density at radius 3 is 2.55 bits per heavy atom. The maximum absolute atomic E-state index is 13.5. The van der Waals surface area contributed by atoms with Crippen LogP contribution >= 0.6 is 0 Å². The van der Waals surface area contributed by atoms with E-state index in [0.717, 1.165) is 30.0 Å². The first-order chi connectivity index (χ1) is 13.8. The molecule has 1 aromatic rings. The van der Waals surface area contributed by atoms with Crippen molar-refractivity contribution in [3.8, 4) is 0 Å². The van der Waals surface area contributed by atoms with Crippen molar-refractivity contribution >= 4 is 21.8 Å². The van der Waals surface area contributed by atoms with Gasteiger partial charge in [0.15, 0.2) is 0 Å². The van der Waals surface area contributed by atoms with Crippen LogP contribution < -0.4 is 0 Å². The van der Waals surface area contributed by atoms with Crippen LogP contribution in [0.5, 0.6) is 0 Å². The van der Waals surface area contributed by atoms with Gasteiger partial charge < -0.3 is 4.90 Å². The van der Waals surface area contributed by atoms with Gasteiger partial charge >= 0.3 is 10.2 Å². The summed E-state index contributed by atoms with van der Waals surface area (Å²) >= 11 is 0. The molecule has 1 saturated carbocycles. The fraction of sp³-hybridized carbons (Fsp3) is 0.524. The molecular weight excluding hydrogens is 393 g/mol. The van der Waals surface area contributed by atoms with E-state index >= 15 is 0 Å². The van der Waals surface area contributed by atoms with E-state index < -0.39 is 16.0 Å². The van der Waals surface area contributed by atoms with Crippen LogP contribution in [-0.4, -0.2) is 48.9 Å². The van der Waals surface area contributed by atoms with Gasteiger partial charge in [-0.15, -0.1) is 4.40 Å². The zero-order valence-electron chi connectivity index (χ0n) is 16.7. The number of nitrogens with zero attached hydrogens (tertiary/aromatic N) is 3. The molecule has 29 heavy (non-hydrogen) atoms. The Kier molecular flexibility index (Phi) is 5.23.